The number of likely N-dealkylation sites (N-methyl/N-ethyl adjacent to an activating group) is 1. The van der Waals surface area contributed by atoms with Gasteiger partial charge in [-0.2, -0.15) is 4.31 Å². The quantitative estimate of drug-likeness (QED) is 0.701. The summed E-state index contributed by atoms with van der Waals surface area (Å²) in [6, 6.07) is 7.04. The number of ether oxygens (including phenoxy) is 1. The smallest absolute Gasteiger partial charge is 0.242 e. The van der Waals surface area contributed by atoms with Crippen molar-refractivity contribution in [3.8, 4) is 0 Å². The van der Waals surface area contributed by atoms with E-state index in [9.17, 15) is 8.42 Å². The minimum absolute atomic E-state index is 0.326. The summed E-state index contributed by atoms with van der Waals surface area (Å²) in [6.45, 7) is 6.78. The third-order valence-corrected chi connectivity index (χ3v) is 4.79. The predicted molar refractivity (Wildman–Crippen MR) is 80.1 cm³/mol. The summed E-state index contributed by atoms with van der Waals surface area (Å²) >= 11 is 0. The zero-order valence-corrected chi connectivity index (χ0v) is 13.2. The van der Waals surface area contributed by atoms with E-state index in [1.807, 2.05) is 19.9 Å². The molecule has 1 rings (SSSR count). The molecule has 1 aromatic rings. The lowest BCUT2D eigenvalue weighted by Gasteiger charge is -2.17. The maximum Gasteiger partial charge on any atom is 0.242 e. The second kappa shape index (κ2) is 8.36. The second-order valence-electron chi connectivity index (χ2n) is 4.45. The van der Waals surface area contributed by atoms with E-state index < -0.39 is 10.0 Å². The van der Waals surface area contributed by atoms with Gasteiger partial charge in [-0.15, -0.1) is 0 Å². The van der Waals surface area contributed by atoms with Crippen molar-refractivity contribution in [2.45, 2.75) is 25.3 Å². The molecule has 0 radical (unpaired) electrons. The Morgan fingerprint density at radius 3 is 2.70 bits per heavy atom. The van der Waals surface area contributed by atoms with Gasteiger partial charge in [-0.1, -0.05) is 19.1 Å². The molecule has 6 heteroatoms. The van der Waals surface area contributed by atoms with E-state index in [1.165, 1.54) is 4.31 Å². The molecule has 0 aliphatic carbocycles. The summed E-state index contributed by atoms with van der Waals surface area (Å²) in [5.74, 6) is 0. The maximum atomic E-state index is 12.4. The first-order valence-corrected chi connectivity index (χ1v) is 8.30. The van der Waals surface area contributed by atoms with Crippen LogP contribution < -0.4 is 5.32 Å². The molecule has 0 atom stereocenters. The first-order chi connectivity index (χ1) is 9.52. The molecular formula is C14H24N2O3S. The van der Waals surface area contributed by atoms with E-state index in [2.05, 4.69) is 5.32 Å². The highest BCUT2D eigenvalue weighted by Crippen LogP contribution is 2.15. The summed E-state index contributed by atoms with van der Waals surface area (Å²) in [6.07, 6.45) is 0. The van der Waals surface area contributed by atoms with Gasteiger partial charge in [0, 0.05) is 26.7 Å². The molecule has 0 aromatic heterocycles. The molecule has 0 spiro atoms. The van der Waals surface area contributed by atoms with E-state index in [4.69, 9.17) is 4.74 Å². The Balaban J connectivity index is 2.80. The number of nitrogens with zero attached hydrogens (tertiary/aromatic N) is 1. The number of rotatable bonds is 9. The molecule has 0 unspecified atom stereocenters. The summed E-state index contributed by atoms with van der Waals surface area (Å²) in [5.41, 5.74) is 0.964. The van der Waals surface area contributed by atoms with Crippen LogP contribution in [0.5, 0.6) is 0 Å². The molecule has 0 fully saturated rings. The minimum Gasteiger partial charge on any atom is -0.380 e. The van der Waals surface area contributed by atoms with Gasteiger partial charge >= 0.3 is 0 Å². The highest BCUT2D eigenvalue weighted by molar-refractivity contribution is 7.89. The molecule has 0 aliphatic heterocycles. The van der Waals surface area contributed by atoms with E-state index in [0.717, 1.165) is 12.1 Å². The van der Waals surface area contributed by atoms with Gasteiger partial charge in [-0.25, -0.2) is 8.42 Å². The average Bonchev–Trinajstić information content (AvgIpc) is 2.45. The van der Waals surface area contributed by atoms with Crippen LogP contribution in [0.2, 0.25) is 0 Å². The van der Waals surface area contributed by atoms with Crippen molar-refractivity contribution < 1.29 is 13.2 Å². The van der Waals surface area contributed by atoms with Gasteiger partial charge in [-0.3, -0.25) is 0 Å². The van der Waals surface area contributed by atoms with Gasteiger partial charge in [0.05, 0.1) is 11.5 Å². The van der Waals surface area contributed by atoms with Crippen molar-refractivity contribution in [1.29, 1.82) is 0 Å². The van der Waals surface area contributed by atoms with Gasteiger partial charge in [0.25, 0.3) is 0 Å². The van der Waals surface area contributed by atoms with Crippen molar-refractivity contribution in [3.63, 3.8) is 0 Å². The van der Waals surface area contributed by atoms with Crippen LogP contribution in [0.4, 0.5) is 0 Å². The Labute approximate surface area is 122 Å². The fraction of sp³-hybridized carbons (Fsp3) is 0.571. The maximum absolute atomic E-state index is 12.4. The van der Waals surface area contributed by atoms with Crippen LogP contribution in [0.15, 0.2) is 29.2 Å². The third-order valence-electron chi connectivity index (χ3n) is 2.94. The second-order valence-corrected chi connectivity index (χ2v) is 6.50. The summed E-state index contributed by atoms with van der Waals surface area (Å²) in [5, 5.41) is 3.19. The van der Waals surface area contributed by atoms with Gasteiger partial charge in [-0.05, 0) is 31.2 Å². The van der Waals surface area contributed by atoms with Crippen LogP contribution in [0, 0.1) is 0 Å². The number of hydrogen-bond acceptors (Lipinski definition) is 4. The molecule has 0 amide bonds. The number of hydrogen-bond donors (Lipinski definition) is 1. The number of sulfonamides is 1. The van der Waals surface area contributed by atoms with E-state index in [-0.39, 0.29) is 0 Å². The van der Waals surface area contributed by atoms with Crippen LogP contribution in [0.25, 0.3) is 0 Å². The van der Waals surface area contributed by atoms with Crippen molar-refractivity contribution >= 4 is 10.0 Å². The summed E-state index contributed by atoms with van der Waals surface area (Å²) < 4.78 is 31.3. The molecule has 1 N–H and O–H groups in total. The topological polar surface area (TPSA) is 58.6 Å². The van der Waals surface area contributed by atoms with Crippen LogP contribution in [-0.4, -0.2) is 46.1 Å². The summed E-state index contributed by atoms with van der Waals surface area (Å²) in [4.78, 5) is 0.326. The van der Waals surface area contributed by atoms with Crippen molar-refractivity contribution in [2.75, 3.05) is 33.4 Å². The SMILES string of the molecule is CCNCc1cccc(S(=O)(=O)N(C)CCOCC)c1. The molecule has 20 heavy (non-hydrogen) atoms. The van der Waals surface area contributed by atoms with Crippen LogP contribution in [0.1, 0.15) is 19.4 Å². The van der Waals surface area contributed by atoms with E-state index in [0.29, 0.717) is 31.2 Å². The Bertz CT molecular complexity index is 503. The molecule has 114 valence electrons. The Morgan fingerprint density at radius 2 is 2.05 bits per heavy atom. The Morgan fingerprint density at radius 1 is 1.30 bits per heavy atom. The normalized spacial score (nSPS) is 12.0. The zero-order chi connectivity index (χ0) is 15.0. The molecular weight excluding hydrogens is 276 g/mol. The van der Waals surface area contributed by atoms with Gasteiger partial charge in [0.15, 0.2) is 0 Å². The average molecular weight is 300 g/mol. The molecule has 0 heterocycles. The van der Waals surface area contributed by atoms with E-state index >= 15 is 0 Å². The van der Waals surface area contributed by atoms with Gasteiger partial charge in [0.2, 0.25) is 10.0 Å². The lowest BCUT2D eigenvalue weighted by molar-refractivity contribution is 0.138. The zero-order valence-electron chi connectivity index (χ0n) is 12.4. The first kappa shape index (κ1) is 17.1. The molecule has 0 aliphatic rings. The molecule has 0 bridgehead atoms. The molecule has 0 saturated heterocycles. The van der Waals surface area contributed by atoms with Crippen molar-refractivity contribution in [2.24, 2.45) is 0 Å². The van der Waals surface area contributed by atoms with Gasteiger partial charge < -0.3 is 10.1 Å². The van der Waals surface area contributed by atoms with Crippen LogP contribution >= 0.6 is 0 Å². The molecule has 0 saturated carbocycles. The third kappa shape index (κ3) is 4.86. The first-order valence-electron chi connectivity index (χ1n) is 6.86. The van der Waals surface area contributed by atoms with Crippen LogP contribution in [-0.2, 0) is 21.3 Å². The highest BCUT2D eigenvalue weighted by Gasteiger charge is 2.20. The standard InChI is InChI=1S/C14H24N2O3S/c1-4-15-12-13-7-6-8-14(11-13)20(17,18)16(3)9-10-19-5-2/h6-8,11,15H,4-5,9-10,12H2,1-3H3. The fourth-order valence-electron chi connectivity index (χ4n) is 1.72. The predicted octanol–water partition coefficient (Wildman–Crippen LogP) is 1.45. The van der Waals surface area contributed by atoms with Gasteiger partial charge in [0.1, 0.15) is 0 Å². The largest absolute Gasteiger partial charge is 0.380 e. The lowest BCUT2D eigenvalue weighted by Crippen LogP contribution is -2.30. The lowest BCUT2D eigenvalue weighted by atomic mass is 10.2. The Kier molecular flexibility index (Phi) is 7.15. The van der Waals surface area contributed by atoms with Crippen molar-refractivity contribution in [1.82, 2.24) is 9.62 Å². The van der Waals surface area contributed by atoms with Crippen LogP contribution in [0.3, 0.4) is 0 Å². The summed E-state index contributed by atoms with van der Waals surface area (Å²) in [7, 11) is -1.87. The fourth-order valence-corrected chi connectivity index (χ4v) is 2.95. The molecule has 1 aromatic carbocycles. The van der Waals surface area contributed by atoms with Crippen molar-refractivity contribution in [3.05, 3.63) is 29.8 Å². The molecule has 5 nitrogen and oxygen atoms in total. The monoisotopic (exact) mass is 300 g/mol. The Hall–Kier alpha value is -0.950. The number of nitrogens with one attached hydrogen (secondary N) is 1. The highest BCUT2D eigenvalue weighted by atomic mass is 32.2. The number of benzene rings is 1. The minimum atomic E-state index is -3.44. The van der Waals surface area contributed by atoms with E-state index in [1.54, 1.807) is 25.2 Å².